The Morgan fingerprint density at radius 1 is 1.67 bits per heavy atom. The lowest BCUT2D eigenvalue weighted by Gasteiger charge is -2.04. The zero-order valence-corrected chi connectivity index (χ0v) is 7.11. The number of H-pyrrole nitrogens is 1. The fourth-order valence-electron chi connectivity index (χ4n) is 0.669. The Morgan fingerprint density at radius 3 is 2.92 bits per heavy atom. The molecule has 4 heteroatoms. The van der Waals surface area contributed by atoms with E-state index in [0.29, 0.717) is 0 Å². The maximum Gasteiger partial charge on any atom is 0.246 e. The largest absolute Gasteiger partial charge is 0.351 e. The van der Waals surface area contributed by atoms with Crippen molar-refractivity contribution in [2.45, 2.75) is 0 Å². The average Bonchev–Trinajstić information content (AvgIpc) is 2.51. The summed E-state index contributed by atoms with van der Waals surface area (Å²) < 4.78 is 0. The van der Waals surface area contributed by atoms with Crippen LogP contribution in [0.2, 0.25) is 0 Å². The van der Waals surface area contributed by atoms with Gasteiger partial charge in [-0.2, -0.15) is 0 Å². The molecule has 0 unspecified atom stereocenters. The first-order valence-corrected chi connectivity index (χ1v) is 3.58. The van der Waals surface area contributed by atoms with Gasteiger partial charge in [0.15, 0.2) is 0 Å². The Balaban J connectivity index is 2.57. The second kappa shape index (κ2) is 3.71. The number of carbonyl (C=O) groups excluding carboxylic acids is 1. The number of likely N-dealkylation sites (N-methyl/N-ethyl adjacent to an activating group) is 1. The van der Waals surface area contributed by atoms with E-state index < -0.39 is 0 Å². The summed E-state index contributed by atoms with van der Waals surface area (Å²) in [7, 11) is 3.41. The van der Waals surface area contributed by atoms with Crippen LogP contribution < -0.4 is 0 Å². The molecule has 0 aromatic carbocycles. The average molecular weight is 165 g/mol. The van der Waals surface area contributed by atoms with Gasteiger partial charge in [-0.15, -0.1) is 0 Å². The third-order valence-electron chi connectivity index (χ3n) is 1.36. The summed E-state index contributed by atoms with van der Waals surface area (Å²) in [5.41, 5.74) is 0.755. The predicted octanol–water partition coefficient (Wildman–Crippen LogP) is 0.511. The number of hydrogen-bond acceptors (Lipinski definition) is 2. The summed E-state index contributed by atoms with van der Waals surface area (Å²) in [5, 5.41) is 0. The van der Waals surface area contributed by atoms with E-state index in [-0.39, 0.29) is 5.91 Å². The van der Waals surface area contributed by atoms with E-state index in [4.69, 9.17) is 0 Å². The molecular weight excluding hydrogens is 154 g/mol. The topological polar surface area (TPSA) is 49.0 Å². The van der Waals surface area contributed by atoms with Crippen molar-refractivity contribution in [3.63, 3.8) is 0 Å². The fourth-order valence-corrected chi connectivity index (χ4v) is 0.669. The first kappa shape index (κ1) is 8.52. The van der Waals surface area contributed by atoms with Crippen LogP contribution in [0.1, 0.15) is 5.69 Å². The summed E-state index contributed by atoms with van der Waals surface area (Å²) in [5.74, 6) is -0.0435. The molecule has 0 spiro atoms. The molecule has 0 atom stereocenters. The molecule has 12 heavy (non-hydrogen) atoms. The highest BCUT2D eigenvalue weighted by atomic mass is 16.2. The number of amides is 1. The summed E-state index contributed by atoms with van der Waals surface area (Å²) in [6.45, 7) is 0. The number of imidazole rings is 1. The number of aromatic amines is 1. The number of nitrogens with zero attached hydrogens (tertiary/aromatic N) is 2. The normalized spacial score (nSPS) is 10.5. The molecule has 0 radical (unpaired) electrons. The molecule has 0 aliphatic heterocycles. The van der Waals surface area contributed by atoms with Crippen molar-refractivity contribution in [2.75, 3.05) is 14.1 Å². The van der Waals surface area contributed by atoms with Crippen LogP contribution in [0.15, 0.2) is 18.6 Å². The first-order valence-electron chi connectivity index (χ1n) is 3.58. The molecule has 0 fully saturated rings. The number of aromatic nitrogens is 2. The lowest BCUT2D eigenvalue weighted by atomic mass is 10.4. The molecule has 4 nitrogen and oxygen atoms in total. The van der Waals surface area contributed by atoms with Gasteiger partial charge >= 0.3 is 0 Å². The molecule has 1 aromatic heterocycles. The van der Waals surface area contributed by atoms with Gasteiger partial charge in [-0.1, -0.05) is 0 Å². The molecule has 0 bridgehead atoms. The third-order valence-corrected chi connectivity index (χ3v) is 1.36. The Morgan fingerprint density at radius 2 is 2.42 bits per heavy atom. The van der Waals surface area contributed by atoms with E-state index >= 15 is 0 Å². The van der Waals surface area contributed by atoms with Gasteiger partial charge in [0.1, 0.15) is 0 Å². The molecule has 0 aliphatic carbocycles. The molecule has 0 aliphatic rings. The lowest BCUT2D eigenvalue weighted by Crippen LogP contribution is -2.18. The monoisotopic (exact) mass is 165 g/mol. The van der Waals surface area contributed by atoms with Gasteiger partial charge in [0.25, 0.3) is 0 Å². The van der Waals surface area contributed by atoms with Gasteiger partial charge in [0.2, 0.25) is 5.91 Å². The van der Waals surface area contributed by atoms with Gasteiger partial charge in [-0.25, -0.2) is 4.98 Å². The molecule has 1 aromatic rings. The summed E-state index contributed by atoms with van der Waals surface area (Å²) in [6, 6.07) is 0. The smallest absolute Gasteiger partial charge is 0.246 e. The van der Waals surface area contributed by atoms with Crippen LogP contribution in [0.25, 0.3) is 6.08 Å². The molecule has 1 heterocycles. The van der Waals surface area contributed by atoms with Crippen molar-refractivity contribution in [3.05, 3.63) is 24.3 Å². The van der Waals surface area contributed by atoms with Gasteiger partial charge in [0, 0.05) is 26.4 Å². The maximum absolute atomic E-state index is 11.0. The second-order valence-corrected chi connectivity index (χ2v) is 2.56. The number of carbonyl (C=O) groups is 1. The standard InChI is InChI=1S/C8H11N3O/c1-11(2)8(12)4-3-7-5-9-6-10-7/h3-6H,1-2H3,(H,9,10)/b4-3+. The van der Waals surface area contributed by atoms with E-state index in [1.165, 1.54) is 11.0 Å². The second-order valence-electron chi connectivity index (χ2n) is 2.56. The van der Waals surface area contributed by atoms with Gasteiger partial charge < -0.3 is 9.88 Å². The van der Waals surface area contributed by atoms with Crippen molar-refractivity contribution in [1.29, 1.82) is 0 Å². The highest BCUT2D eigenvalue weighted by Crippen LogP contribution is 1.94. The summed E-state index contributed by atoms with van der Waals surface area (Å²) in [6.07, 6.45) is 6.44. The van der Waals surface area contributed by atoms with E-state index in [1.807, 2.05) is 0 Å². The molecule has 64 valence electrons. The minimum atomic E-state index is -0.0435. The van der Waals surface area contributed by atoms with Crippen molar-refractivity contribution in [2.24, 2.45) is 0 Å². The maximum atomic E-state index is 11.0. The highest BCUT2D eigenvalue weighted by Gasteiger charge is 1.96. The van der Waals surface area contributed by atoms with Gasteiger partial charge in [-0.05, 0) is 6.08 Å². The van der Waals surface area contributed by atoms with Gasteiger partial charge in [-0.3, -0.25) is 4.79 Å². The molecule has 0 saturated heterocycles. The minimum absolute atomic E-state index is 0.0435. The molecule has 1 rings (SSSR count). The van der Waals surface area contributed by atoms with Crippen LogP contribution in [-0.2, 0) is 4.79 Å². The summed E-state index contributed by atoms with van der Waals surface area (Å²) >= 11 is 0. The van der Waals surface area contributed by atoms with Crippen molar-refractivity contribution in [1.82, 2.24) is 14.9 Å². The van der Waals surface area contributed by atoms with Crippen molar-refractivity contribution in [3.8, 4) is 0 Å². The van der Waals surface area contributed by atoms with E-state index in [1.54, 1.807) is 32.7 Å². The molecular formula is C8H11N3O. The fraction of sp³-hybridized carbons (Fsp3) is 0.250. The SMILES string of the molecule is CN(C)C(=O)/C=C/c1c[nH]cn1. The van der Waals surface area contributed by atoms with Crippen LogP contribution in [0.4, 0.5) is 0 Å². The Kier molecular flexibility index (Phi) is 2.63. The third kappa shape index (κ3) is 2.23. The van der Waals surface area contributed by atoms with Gasteiger partial charge in [0.05, 0.1) is 12.0 Å². The van der Waals surface area contributed by atoms with Crippen molar-refractivity contribution >= 4 is 12.0 Å². The predicted molar refractivity (Wildman–Crippen MR) is 46.3 cm³/mol. The highest BCUT2D eigenvalue weighted by molar-refractivity contribution is 5.91. The zero-order valence-electron chi connectivity index (χ0n) is 7.11. The Labute approximate surface area is 70.9 Å². The summed E-state index contributed by atoms with van der Waals surface area (Å²) in [4.78, 5) is 19.3. The number of rotatable bonds is 2. The molecule has 0 saturated carbocycles. The van der Waals surface area contributed by atoms with Crippen molar-refractivity contribution < 1.29 is 4.79 Å². The number of hydrogen-bond donors (Lipinski definition) is 1. The zero-order chi connectivity index (χ0) is 8.97. The van der Waals surface area contributed by atoms with Crippen LogP contribution >= 0.6 is 0 Å². The van der Waals surface area contributed by atoms with E-state index in [2.05, 4.69) is 9.97 Å². The van der Waals surface area contributed by atoms with Crippen LogP contribution in [-0.4, -0.2) is 34.9 Å². The van der Waals surface area contributed by atoms with Crippen LogP contribution in [0, 0.1) is 0 Å². The van der Waals surface area contributed by atoms with E-state index in [9.17, 15) is 4.79 Å². The van der Waals surface area contributed by atoms with E-state index in [0.717, 1.165) is 5.69 Å². The quantitative estimate of drug-likeness (QED) is 0.649. The molecule has 1 amide bonds. The Bertz CT molecular complexity index is 275. The Hall–Kier alpha value is -1.58. The lowest BCUT2D eigenvalue weighted by molar-refractivity contribution is -0.123. The first-order chi connectivity index (χ1) is 5.70. The van der Waals surface area contributed by atoms with Crippen LogP contribution in [0.5, 0.6) is 0 Å². The molecule has 1 N–H and O–H groups in total. The minimum Gasteiger partial charge on any atom is -0.351 e. The van der Waals surface area contributed by atoms with Crippen LogP contribution in [0.3, 0.4) is 0 Å². The number of nitrogens with one attached hydrogen (secondary N) is 1.